The zero-order valence-electron chi connectivity index (χ0n) is 11.5. The van der Waals surface area contributed by atoms with Gasteiger partial charge >= 0.3 is 0 Å². The van der Waals surface area contributed by atoms with Gasteiger partial charge in [-0.05, 0) is 55.3 Å². The van der Waals surface area contributed by atoms with Crippen molar-refractivity contribution in [1.82, 2.24) is 5.32 Å². The Balaban J connectivity index is 1.73. The van der Waals surface area contributed by atoms with E-state index in [0.29, 0.717) is 11.5 Å². The van der Waals surface area contributed by atoms with Crippen molar-refractivity contribution in [3.05, 3.63) is 35.6 Å². The molecule has 2 heteroatoms. The van der Waals surface area contributed by atoms with Crippen LogP contribution in [0.3, 0.4) is 0 Å². The summed E-state index contributed by atoms with van der Waals surface area (Å²) in [6.45, 7) is 5.72. The zero-order valence-corrected chi connectivity index (χ0v) is 11.5. The molecule has 18 heavy (non-hydrogen) atoms. The van der Waals surface area contributed by atoms with Crippen LogP contribution in [0.1, 0.15) is 45.1 Å². The average Bonchev–Trinajstić information content (AvgIpc) is 2.30. The molecular formula is C16H24FN. The maximum Gasteiger partial charge on any atom is 0.123 e. The van der Waals surface area contributed by atoms with Gasteiger partial charge in [-0.15, -0.1) is 0 Å². The predicted molar refractivity (Wildman–Crippen MR) is 74.1 cm³/mol. The van der Waals surface area contributed by atoms with E-state index in [9.17, 15) is 4.39 Å². The van der Waals surface area contributed by atoms with Crippen LogP contribution in [0.25, 0.3) is 0 Å². The first kappa shape index (κ1) is 13.5. The molecule has 1 nitrogen and oxygen atoms in total. The maximum atomic E-state index is 12.8. The number of hydrogen-bond acceptors (Lipinski definition) is 1. The largest absolute Gasteiger partial charge is 0.314 e. The van der Waals surface area contributed by atoms with Crippen molar-refractivity contribution in [3.63, 3.8) is 0 Å². The first-order valence-corrected chi connectivity index (χ1v) is 7.03. The molecule has 0 saturated heterocycles. The highest BCUT2D eigenvalue weighted by Gasteiger charge is 2.27. The van der Waals surface area contributed by atoms with Crippen LogP contribution in [0.15, 0.2) is 24.3 Å². The van der Waals surface area contributed by atoms with Gasteiger partial charge in [0.1, 0.15) is 5.82 Å². The Morgan fingerprint density at radius 3 is 2.67 bits per heavy atom. The second kappa shape index (κ2) is 5.83. The molecular weight excluding hydrogens is 225 g/mol. The summed E-state index contributed by atoms with van der Waals surface area (Å²) in [7, 11) is 0. The Morgan fingerprint density at radius 1 is 1.28 bits per heavy atom. The molecule has 1 atom stereocenters. The Kier molecular flexibility index (Phi) is 4.39. The quantitative estimate of drug-likeness (QED) is 0.852. The second-order valence-corrected chi connectivity index (χ2v) is 6.29. The molecule has 0 aliphatic heterocycles. The van der Waals surface area contributed by atoms with E-state index in [1.54, 1.807) is 12.1 Å². The van der Waals surface area contributed by atoms with Crippen LogP contribution in [-0.4, -0.2) is 12.6 Å². The molecule has 1 saturated carbocycles. The fourth-order valence-corrected chi connectivity index (χ4v) is 2.94. The fraction of sp³-hybridized carbons (Fsp3) is 0.625. The van der Waals surface area contributed by atoms with Gasteiger partial charge in [0.15, 0.2) is 0 Å². The van der Waals surface area contributed by atoms with Gasteiger partial charge in [-0.3, -0.25) is 0 Å². The number of rotatable bonds is 4. The highest BCUT2D eigenvalue weighted by Crippen LogP contribution is 2.34. The van der Waals surface area contributed by atoms with Crippen LogP contribution in [0.2, 0.25) is 0 Å². The Labute approximate surface area is 110 Å². The molecule has 1 fully saturated rings. The van der Waals surface area contributed by atoms with Crippen LogP contribution < -0.4 is 5.32 Å². The fourth-order valence-electron chi connectivity index (χ4n) is 2.94. The van der Waals surface area contributed by atoms with E-state index in [1.165, 1.54) is 31.2 Å². The lowest BCUT2D eigenvalue weighted by atomic mass is 9.75. The van der Waals surface area contributed by atoms with Crippen molar-refractivity contribution >= 4 is 0 Å². The van der Waals surface area contributed by atoms with E-state index in [2.05, 4.69) is 19.2 Å². The molecule has 0 amide bonds. The van der Waals surface area contributed by atoms with Crippen molar-refractivity contribution in [2.75, 3.05) is 6.54 Å². The van der Waals surface area contributed by atoms with Crippen LogP contribution in [-0.2, 0) is 6.42 Å². The van der Waals surface area contributed by atoms with E-state index in [0.717, 1.165) is 13.0 Å². The molecule has 0 heterocycles. The van der Waals surface area contributed by atoms with Crippen molar-refractivity contribution in [1.29, 1.82) is 0 Å². The van der Waals surface area contributed by atoms with E-state index >= 15 is 0 Å². The third-order valence-electron chi connectivity index (χ3n) is 3.97. The maximum absolute atomic E-state index is 12.8. The molecule has 1 unspecified atom stereocenters. The summed E-state index contributed by atoms with van der Waals surface area (Å²) >= 11 is 0. The van der Waals surface area contributed by atoms with Gasteiger partial charge in [0.2, 0.25) is 0 Å². The predicted octanol–water partition coefficient (Wildman–Crippen LogP) is 3.93. The molecule has 2 rings (SSSR count). The topological polar surface area (TPSA) is 12.0 Å². The van der Waals surface area contributed by atoms with E-state index in [-0.39, 0.29) is 5.82 Å². The minimum Gasteiger partial charge on any atom is -0.314 e. The number of nitrogens with one attached hydrogen (secondary N) is 1. The first-order valence-electron chi connectivity index (χ1n) is 7.03. The van der Waals surface area contributed by atoms with Gasteiger partial charge in [0.25, 0.3) is 0 Å². The monoisotopic (exact) mass is 249 g/mol. The van der Waals surface area contributed by atoms with Crippen molar-refractivity contribution in [3.8, 4) is 0 Å². The van der Waals surface area contributed by atoms with Gasteiger partial charge in [-0.2, -0.15) is 0 Å². The van der Waals surface area contributed by atoms with Gasteiger partial charge in [-0.25, -0.2) is 4.39 Å². The summed E-state index contributed by atoms with van der Waals surface area (Å²) in [5, 5.41) is 3.65. The summed E-state index contributed by atoms with van der Waals surface area (Å²) in [6.07, 6.45) is 6.24. The molecule has 1 N–H and O–H groups in total. The van der Waals surface area contributed by atoms with Crippen LogP contribution in [0.5, 0.6) is 0 Å². The van der Waals surface area contributed by atoms with Gasteiger partial charge < -0.3 is 5.32 Å². The van der Waals surface area contributed by atoms with Crippen LogP contribution in [0, 0.1) is 11.2 Å². The van der Waals surface area contributed by atoms with Crippen molar-refractivity contribution in [2.24, 2.45) is 5.41 Å². The lowest BCUT2D eigenvalue weighted by Gasteiger charge is -2.35. The summed E-state index contributed by atoms with van der Waals surface area (Å²) < 4.78 is 12.8. The molecule has 100 valence electrons. The second-order valence-electron chi connectivity index (χ2n) is 6.29. The Hall–Kier alpha value is -0.890. The molecule has 1 aromatic rings. The first-order chi connectivity index (χ1) is 8.55. The lowest BCUT2D eigenvalue weighted by molar-refractivity contribution is 0.199. The standard InChI is InChI=1S/C16H24FN/c1-16(2)10-3-4-15(12-16)18-11-9-13-5-7-14(17)8-6-13/h5-8,15,18H,3-4,9-12H2,1-2H3. The average molecular weight is 249 g/mol. The molecule has 0 spiro atoms. The zero-order chi connectivity index (χ0) is 13.0. The summed E-state index contributed by atoms with van der Waals surface area (Å²) in [5.41, 5.74) is 1.70. The van der Waals surface area contributed by atoms with Crippen LogP contribution in [0.4, 0.5) is 4.39 Å². The molecule has 0 aromatic heterocycles. The Morgan fingerprint density at radius 2 is 2.00 bits per heavy atom. The van der Waals surface area contributed by atoms with Crippen molar-refractivity contribution in [2.45, 2.75) is 52.0 Å². The Bertz CT molecular complexity index is 369. The summed E-state index contributed by atoms with van der Waals surface area (Å²) in [6, 6.07) is 7.50. The smallest absolute Gasteiger partial charge is 0.123 e. The summed E-state index contributed by atoms with van der Waals surface area (Å²) in [4.78, 5) is 0. The van der Waals surface area contributed by atoms with Gasteiger partial charge in [0, 0.05) is 6.04 Å². The summed E-state index contributed by atoms with van der Waals surface area (Å²) in [5.74, 6) is -0.152. The SMILES string of the molecule is CC1(C)CCCC(NCCc2ccc(F)cc2)C1. The molecule has 0 radical (unpaired) electrons. The number of halogens is 1. The molecule has 1 aliphatic rings. The van der Waals surface area contributed by atoms with Crippen LogP contribution >= 0.6 is 0 Å². The van der Waals surface area contributed by atoms with E-state index < -0.39 is 0 Å². The molecule has 1 aromatic carbocycles. The van der Waals surface area contributed by atoms with Gasteiger partial charge in [-0.1, -0.05) is 32.4 Å². The molecule has 1 aliphatic carbocycles. The van der Waals surface area contributed by atoms with Gasteiger partial charge in [0.05, 0.1) is 0 Å². The number of benzene rings is 1. The highest BCUT2D eigenvalue weighted by molar-refractivity contribution is 5.16. The minimum atomic E-state index is -0.152. The van der Waals surface area contributed by atoms with E-state index in [4.69, 9.17) is 0 Å². The van der Waals surface area contributed by atoms with Crippen molar-refractivity contribution < 1.29 is 4.39 Å². The number of hydrogen-bond donors (Lipinski definition) is 1. The lowest BCUT2D eigenvalue weighted by Crippen LogP contribution is -2.38. The third-order valence-corrected chi connectivity index (χ3v) is 3.97. The minimum absolute atomic E-state index is 0.152. The third kappa shape index (κ3) is 4.09. The van der Waals surface area contributed by atoms with E-state index in [1.807, 2.05) is 12.1 Å². The molecule has 0 bridgehead atoms. The normalized spacial score (nSPS) is 22.9. The highest BCUT2D eigenvalue weighted by atomic mass is 19.1.